The number of azide groups is 1. The zero-order valence-electron chi connectivity index (χ0n) is 12.3. The van der Waals surface area contributed by atoms with Gasteiger partial charge in [0.25, 0.3) is 5.69 Å². The molecule has 2 aromatic rings. The molecule has 7 nitrogen and oxygen atoms in total. The molecule has 0 atom stereocenters. The number of nitro groups is 1. The van der Waals surface area contributed by atoms with E-state index >= 15 is 0 Å². The molecule has 1 N–H and O–H groups in total. The van der Waals surface area contributed by atoms with Gasteiger partial charge in [0.15, 0.2) is 0 Å². The average molecular weight is 329 g/mol. The van der Waals surface area contributed by atoms with E-state index < -0.39 is 4.92 Å². The number of nitro benzene ring substituents is 1. The standard InChI is InChI=1S/C15H15N5O2S/c16-19-18-11-12-6-7-14(15(10-12)20(21)22)17-8-9-23-13-4-2-1-3-5-13/h1-7,10,17H,8-9,11H2. The molecule has 0 heterocycles. The van der Waals surface area contributed by atoms with Crippen molar-refractivity contribution in [3.05, 3.63) is 74.7 Å². The molecule has 0 spiro atoms. The van der Waals surface area contributed by atoms with E-state index in [4.69, 9.17) is 5.53 Å². The summed E-state index contributed by atoms with van der Waals surface area (Å²) in [4.78, 5) is 14.5. The Balaban J connectivity index is 1.95. The predicted octanol–water partition coefficient (Wildman–Crippen LogP) is 4.61. The van der Waals surface area contributed by atoms with Crippen LogP contribution in [0.25, 0.3) is 10.4 Å². The molecule has 0 amide bonds. The zero-order chi connectivity index (χ0) is 16.5. The lowest BCUT2D eigenvalue weighted by molar-refractivity contribution is -0.384. The Labute approximate surface area is 137 Å². The number of nitrogens with one attached hydrogen (secondary N) is 1. The third kappa shape index (κ3) is 5.21. The van der Waals surface area contributed by atoms with Crippen molar-refractivity contribution in [2.24, 2.45) is 5.11 Å². The summed E-state index contributed by atoms with van der Waals surface area (Å²) in [5.74, 6) is 0.793. The fourth-order valence-corrected chi connectivity index (χ4v) is 2.75. The summed E-state index contributed by atoms with van der Waals surface area (Å²) in [6.07, 6.45) is 0. The van der Waals surface area contributed by atoms with Crippen LogP contribution in [-0.2, 0) is 6.54 Å². The summed E-state index contributed by atoms with van der Waals surface area (Å²) < 4.78 is 0. The molecule has 0 fully saturated rings. The molecule has 0 unspecified atom stereocenters. The van der Waals surface area contributed by atoms with Crippen LogP contribution in [0.4, 0.5) is 11.4 Å². The normalized spacial score (nSPS) is 9.91. The molecule has 8 heteroatoms. The van der Waals surface area contributed by atoms with E-state index in [0.29, 0.717) is 17.8 Å². The third-order valence-corrected chi connectivity index (χ3v) is 4.02. The molecule has 0 aliphatic rings. The Kier molecular flexibility index (Phi) is 6.28. The quantitative estimate of drug-likeness (QED) is 0.145. The topological polar surface area (TPSA) is 104 Å². The van der Waals surface area contributed by atoms with Crippen molar-refractivity contribution in [3.63, 3.8) is 0 Å². The van der Waals surface area contributed by atoms with E-state index in [1.807, 2.05) is 30.3 Å². The minimum atomic E-state index is -0.438. The predicted molar refractivity (Wildman–Crippen MR) is 91.6 cm³/mol. The van der Waals surface area contributed by atoms with Gasteiger partial charge in [0, 0.05) is 28.2 Å². The highest BCUT2D eigenvalue weighted by Gasteiger charge is 2.14. The third-order valence-electron chi connectivity index (χ3n) is 3.00. The second-order valence-corrected chi connectivity index (χ2v) is 5.75. The molecule has 2 rings (SSSR count). The van der Waals surface area contributed by atoms with Gasteiger partial charge in [-0.1, -0.05) is 29.4 Å². The second kappa shape index (κ2) is 8.67. The maximum atomic E-state index is 11.2. The van der Waals surface area contributed by atoms with Gasteiger partial charge >= 0.3 is 0 Å². The van der Waals surface area contributed by atoms with Gasteiger partial charge in [0.05, 0.1) is 11.5 Å². The van der Waals surface area contributed by atoms with Crippen LogP contribution < -0.4 is 5.32 Å². The van der Waals surface area contributed by atoms with Gasteiger partial charge in [0.2, 0.25) is 0 Å². The summed E-state index contributed by atoms with van der Waals surface area (Å²) in [6.45, 7) is 0.706. The van der Waals surface area contributed by atoms with Crippen molar-refractivity contribution in [1.29, 1.82) is 0 Å². The Bertz CT molecular complexity index is 717. The molecule has 2 aromatic carbocycles. The van der Waals surface area contributed by atoms with E-state index in [1.54, 1.807) is 23.9 Å². The minimum Gasteiger partial charge on any atom is -0.379 e. The van der Waals surface area contributed by atoms with E-state index in [9.17, 15) is 10.1 Å². The first-order valence-electron chi connectivity index (χ1n) is 6.90. The number of nitrogens with zero attached hydrogens (tertiary/aromatic N) is 4. The molecule has 0 aromatic heterocycles. The van der Waals surface area contributed by atoms with Gasteiger partial charge in [-0.3, -0.25) is 10.1 Å². The molecule has 0 aliphatic carbocycles. The van der Waals surface area contributed by atoms with E-state index in [2.05, 4.69) is 15.3 Å². The molecule has 0 bridgehead atoms. The van der Waals surface area contributed by atoms with Gasteiger partial charge in [-0.15, -0.1) is 11.8 Å². The van der Waals surface area contributed by atoms with Crippen LogP contribution in [0.2, 0.25) is 0 Å². The highest BCUT2D eigenvalue weighted by molar-refractivity contribution is 7.99. The Morgan fingerprint density at radius 3 is 2.74 bits per heavy atom. The van der Waals surface area contributed by atoms with Crippen LogP contribution in [0.15, 0.2) is 58.5 Å². The van der Waals surface area contributed by atoms with Crippen molar-refractivity contribution in [2.45, 2.75) is 11.4 Å². The second-order valence-electron chi connectivity index (χ2n) is 4.59. The summed E-state index contributed by atoms with van der Waals surface area (Å²) in [5.41, 5.74) is 9.37. The van der Waals surface area contributed by atoms with Gasteiger partial charge in [-0.25, -0.2) is 0 Å². The number of thioether (sulfide) groups is 1. The summed E-state index contributed by atoms with van der Waals surface area (Å²) in [7, 11) is 0. The van der Waals surface area contributed by atoms with Crippen molar-refractivity contribution < 1.29 is 4.92 Å². The maximum Gasteiger partial charge on any atom is 0.292 e. The van der Waals surface area contributed by atoms with Crippen LogP contribution in [0.1, 0.15) is 5.56 Å². The average Bonchev–Trinajstić information content (AvgIpc) is 2.58. The summed E-state index contributed by atoms with van der Waals surface area (Å²) in [6, 6.07) is 14.8. The first-order valence-corrected chi connectivity index (χ1v) is 7.89. The monoisotopic (exact) mass is 329 g/mol. The van der Waals surface area contributed by atoms with Crippen LogP contribution >= 0.6 is 11.8 Å². The van der Waals surface area contributed by atoms with E-state index in [-0.39, 0.29) is 12.2 Å². The van der Waals surface area contributed by atoms with Gasteiger partial charge < -0.3 is 5.32 Å². The van der Waals surface area contributed by atoms with Crippen LogP contribution in [0, 0.1) is 10.1 Å². The fraction of sp³-hybridized carbons (Fsp3) is 0.200. The van der Waals surface area contributed by atoms with Crippen molar-refractivity contribution in [2.75, 3.05) is 17.6 Å². The first kappa shape index (κ1) is 16.7. The molecular formula is C15H15N5O2S. The largest absolute Gasteiger partial charge is 0.379 e. The summed E-state index contributed by atoms with van der Waals surface area (Å²) in [5, 5.41) is 17.7. The number of anilines is 1. The van der Waals surface area contributed by atoms with E-state index in [1.165, 1.54) is 6.07 Å². The number of rotatable bonds is 8. The first-order chi connectivity index (χ1) is 11.2. The lowest BCUT2D eigenvalue weighted by Crippen LogP contribution is -2.06. The maximum absolute atomic E-state index is 11.2. The highest BCUT2D eigenvalue weighted by Crippen LogP contribution is 2.26. The Hall–Kier alpha value is -2.70. The van der Waals surface area contributed by atoms with Gasteiger partial charge in [-0.2, -0.15) is 0 Å². The van der Waals surface area contributed by atoms with Crippen LogP contribution in [-0.4, -0.2) is 17.2 Å². The SMILES string of the molecule is [N-]=[N+]=NCc1ccc(NCCSc2ccccc2)c([N+](=O)[O-])c1. The van der Waals surface area contributed by atoms with Crippen LogP contribution in [0.3, 0.4) is 0 Å². The van der Waals surface area contributed by atoms with E-state index in [0.717, 1.165) is 10.6 Å². The smallest absolute Gasteiger partial charge is 0.292 e. The lowest BCUT2D eigenvalue weighted by Gasteiger charge is -2.08. The molecule has 0 saturated heterocycles. The molecule has 118 valence electrons. The van der Waals surface area contributed by atoms with Gasteiger partial charge in [0.1, 0.15) is 5.69 Å². The molecule has 0 radical (unpaired) electrons. The molecule has 23 heavy (non-hydrogen) atoms. The summed E-state index contributed by atoms with van der Waals surface area (Å²) >= 11 is 1.68. The Morgan fingerprint density at radius 2 is 2.04 bits per heavy atom. The molecular weight excluding hydrogens is 314 g/mol. The van der Waals surface area contributed by atoms with Crippen LogP contribution in [0.5, 0.6) is 0 Å². The Morgan fingerprint density at radius 1 is 1.26 bits per heavy atom. The number of hydrogen-bond acceptors (Lipinski definition) is 5. The lowest BCUT2D eigenvalue weighted by atomic mass is 10.1. The fourth-order valence-electron chi connectivity index (χ4n) is 1.96. The van der Waals surface area contributed by atoms with Crippen molar-refractivity contribution in [3.8, 4) is 0 Å². The molecule has 0 aliphatic heterocycles. The minimum absolute atomic E-state index is 0.0136. The number of benzene rings is 2. The van der Waals surface area contributed by atoms with Crippen molar-refractivity contribution >= 4 is 23.1 Å². The highest BCUT2D eigenvalue weighted by atomic mass is 32.2. The number of hydrogen-bond donors (Lipinski definition) is 1. The van der Waals surface area contributed by atoms with Gasteiger partial charge in [-0.05, 0) is 29.3 Å². The zero-order valence-corrected chi connectivity index (χ0v) is 13.1. The van der Waals surface area contributed by atoms with Crippen molar-refractivity contribution in [1.82, 2.24) is 0 Å². The molecule has 0 saturated carbocycles.